The monoisotopic (exact) mass is 932 g/mol. The Labute approximate surface area is 381 Å². The van der Waals surface area contributed by atoms with E-state index in [-0.39, 0.29) is 36.7 Å². The van der Waals surface area contributed by atoms with Gasteiger partial charge in [0.2, 0.25) is 0 Å². The number of aliphatic hydroxyl groups is 1. The highest BCUT2D eigenvalue weighted by Crippen LogP contribution is 2.37. The summed E-state index contributed by atoms with van der Waals surface area (Å²) in [5, 5.41) is 15.9. The van der Waals surface area contributed by atoms with Crippen LogP contribution in [0.2, 0.25) is 0 Å². The van der Waals surface area contributed by atoms with E-state index in [0.29, 0.717) is 103 Å². The summed E-state index contributed by atoms with van der Waals surface area (Å²) >= 11 is 0. The lowest BCUT2D eigenvalue weighted by atomic mass is 9.97. The van der Waals surface area contributed by atoms with Crippen molar-refractivity contribution in [1.82, 2.24) is 25.3 Å². The number of piperidine rings is 5. The number of nitrogens with zero attached hydrogens (tertiary/aromatic N) is 3. The van der Waals surface area contributed by atoms with Crippen molar-refractivity contribution in [1.29, 1.82) is 0 Å². The molecule has 10 rings (SSSR count). The summed E-state index contributed by atoms with van der Waals surface area (Å²) in [5.41, 5.74) is 0. The van der Waals surface area contributed by atoms with Crippen molar-refractivity contribution in [3.8, 4) is 0 Å². The minimum atomic E-state index is -0.599. The van der Waals surface area contributed by atoms with E-state index in [1.807, 2.05) is 13.7 Å². The minimum Gasteiger partial charge on any atom is -0.453 e. The van der Waals surface area contributed by atoms with Crippen molar-refractivity contribution in [3.05, 3.63) is 0 Å². The molecule has 3 amide bonds. The molecule has 372 valence electrons. The molecule has 0 aromatic heterocycles. The summed E-state index contributed by atoms with van der Waals surface area (Å²) < 4.78 is 58.9. The summed E-state index contributed by atoms with van der Waals surface area (Å²) in [6.45, 7) is 16.3. The van der Waals surface area contributed by atoms with Crippen LogP contribution in [0.3, 0.4) is 0 Å². The Morgan fingerprint density at radius 3 is 1.65 bits per heavy atom. The number of carbonyl (C=O) groups is 5. The molecular weight excluding hydrogens is 858 g/mol. The molecule has 10 aliphatic heterocycles. The molecule has 10 saturated heterocycles. The third-order valence-electron chi connectivity index (χ3n) is 13.0. The topological polar surface area (TPSA) is 241 Å². The van der Waals surface area contributed by atoms with Crippen LogP contribution in [0.25, 0.3) is 0 Å². The van der Waals surface area contributed by atoms with E-state index in [4.69, 9.17) is 47.4 Å². The first-order chi connectivity index (χ1) is 31.3. The SMILES string of the molecule is C=O.CC1CC(=O)CCN1.CC1CC2(CCN1)OCCO2.COC(=O)N1CCC2(CC1)OCCO2.COC(=O)N1CCC2(CC1CO)OCCO2.O=C1OCC2CC3(CCN12)OCCO3. The molecule has 4 unspecified atom stereocenters. The number of fused-ring (bicyclic) bond motifs is 1. The minimum absolute atomic E-state index is 0.108. The average molecular weight is 932 g/mol. The van der Waals surface area contributed by atoms with Crippen LogP contribution in [0.5, 0.6) is 0 Å². The number of likely N-dealkylation sites (tertiary alicyclic amines) is 2. The highest BCUT2D eigenvalue weighted by atomic mass is 16.8. The van der Waals surface area contributed by atoms with Gasteiger partial charge in [0.1, 0.15) is 19.2 Å². The van der Waals surface area contributed by atoms with Crippen molar-refractivity contribution in [2.75, 3.05) is 120 Å². The smallest absolute Gasteiger partial charge is 0.410 e. The van der Waals surface area contributed by atoms with Gasteiger partial charge in [0, 0.05) is 116 Å². The lowest BCUT2D eigenvalue weighted by molar-refractivity contribution is -0.195. The largest absolute Gasteiger partial charge is 0.453 e. The lowest BCUT2D eigenvalue weighted by Crippen LogP contribution is -2.54. The molecule has 4 atom stereocenters. The molecule has 10 fully saturated rings. The molecule has 0 saturated carbocycles. The molecule has 0 aliphatic carbocycles. The zero-order chi connectivity index (χ0) is 46.9. The number of hydrogen-bond donors (Lipinski definition) is 3. The summed E-state index contributed by atoms with van der Waals surface area (Å²) in [7, 11) is 2.74. The van der Waals surface area contributed by atoms with Crippen LogP contribution >= 0.6 is 0 Å². The fourth-order valence-corrected chi connectivity index (χ4v) is 9.60. The van der Waals surface area contributed by atoms with Gasteiger partial charge < -0.3 is 87.3 Å². The van der Waals surface area contributed by atoms with Gasteiger partial charge in [0.05, 0.1) is 85.8 Å². The second kappa shape index (κ2) is 25.2. The fourth-order valence-electron chi connectivity index (χ4n) is 9.60. The number of carbonyl (C=O) groups excluding carboxylic acids is 5. The van der Waals surface area contributed by atoms with E-state index < -0.39 is 23.5 Å². The summed E-state index contributed by atoms with van der Waals surface area (Å²) in [4.78, 5) is 57.5. The number of rotatable bonds is 1. The highest BCUT2D eigenvalue weighted by molar-refractivity contribution is 5.79. The zero-order valence-electron chi connectivity index (χ0n) is 38.7. The van der Waals surface area contributed by atoms with Crippen molar-refractivity contribution in [2.45, 2.75) is 125 Å². The maximum atomic E-state index is 11.5. The summed E-state index contributed by atoms with van der Waals surface area (Å²) in [6, 6.07) is 0.798. The van der Waals surface area contributed by atoms with E-state index in [0.717, 1.165) is 77.7 Å². The third-order valence-corrected chi connectivity index (χ3v) is 13.0. The molecule has 10 aliphatic rings. The number of amides is 3. The Morgan fingerprint density at radius 1 is 0.662 bits per heavy atom. The van der Waals surface area contributed by atoms with Crippen LogP contribution < -0.4 is 10.6 Å². The second-order valence-corrected chi connectivity index (χ2v) is 17.4. The number of cyclic esters (lactones) is 1. The fraction of sp³-hybridized carbons (Fsp3) is 0.884. The van der Waals surface area contributed by atoms with Crippen molar-refractivity contribution in [2.24, 2.45) is 0 Å². The first-order valence-corrected chi connectivity index (χ1v) is 23.0. The van der Waals surface area contributed by atoms with E-state index in [2.05, 4.69) is 27.0 Å². The maximum Gasteiger partial charge on any atom is 0.410 e. The van der Waals surface area contributed by atoms with E-state index in [9.17, 15) is 24.3 Å². The molecule has 0 radical (unpaired) electrons. The van der Waals surface area contributed by atoms with Crippen molar-refractivity contribution >= 4 is 30.9 Å². The van der Waals surface area contributed by atoms with Crippen molar-refractivity contribution < 1.29 is 81.2 Å². The summed E-state index contributed by atoms with van der Waals surface area (Å²) in [6.07, 6.45) is 6.68. The molecule has 0 aromatic rings. The lowest BCUT2D eigenvalue weighted by Gasteiger charge is -2.41. The number of Topliss-reactive ketones (excluding diaryl/α,β-unsaturated/α-hetero) is 1. The highest BCUT2D eigenvalue weighted by Gasteiger charge is 2.49. The molecule has 22 heteroatoms. The Balaban J connectivity index is 0.000000153. The van der Waals surface area contributed by atoms with Gasteiger partial charge >= 0.3 is 18.3 Å². The standard InChI is InChI=1S/C10H17NO5.C9H13NO4.C9H15NO4.C8H15NO2.C6H11NO.CH2O/c1-14-9(13)11-3-2-10(6-8(11)7-12)15-4-5-16-10;11-8-10-2-1-9(13-3-4-14-9)5-7(10)6-12-8;1-12-8(11)10-4-2-9(3-5-10)13-6-7-14-9;1-7-6-8(2-3-9-7)10-4-5-11-8;1-5-4-6(8)2-3-7-5;1-2/h8,12H,2-7H2,1H3;7H,1-6H2;2-7H2,1H3;7,9H,2-6H2,1H3;5,7H,2-4H2,1H3;1H2. The predicted molar refractivity (Wildman–Crippen MR) is 228 cm³/mol. The van der Waals surface area contributed by atoms with Crippen LogP contribution in [0.15, 0.2) is 0 Å². The zero-order valence-corrected chi connectivity index (χ0v) is 38.7. The van der Waals surface area contributed by atoms with E-state index in [1.165, 1.54) is 19.1 Å². The maximum absolute atomic E-state index is 11.5. The van der Waals surface area contributed by atoms with Gasteiger partial charge in [-0.25, -0.2) is 14.4 Å². The van der Waals surface area contributed by atoms with Gasteiger partial charge in [0.25, 0.3) is 0 Å². The van der Waals surface area contributed by atoms with E-state index >= 15 is 0 Å². The van der Waals surface area contributed by atoms with Gasteiger partial charge in [-0.3, -0.25) is 4.79 Å². The van der Waals surface area contributed by atoms with Gasteiger partial charge in [-0.15, -0.1) is 0 Å². The Hall–Kier alpha value is -3.29. The predicted octanol–water partition coefficient (Wildman–Crippen LogP) is 1.53. The normalized spacial score (nSPS) is 29.9. The molecule has 3 N–H and O–H groups in total. The van der Waals surface area contributed by atoms with Gasteiger partial charge in [0.15, 0.2) is 23.1 Å². The average Bonchev–Trinajstić information content (AvgIpc) is 4.20. The molecule has 0 aromatic carbocycles. The quantitative estimate of drug-likeness (QED) is 0.316. The number of ketones is 1. The van der Waals surface area contributed by atoms with Gasteiger partial charge in [-0.2, -0.15) is 0 Å². The first-order valence-electron chi connectivity index (χ1n) is 23.0. The third kappa shape index (κ3) is 14.6. The number of methoxy groups -OCH3 is 2. The van der Waals surface area contributed by atoms with Crippen LogP contribution in [0.1, 0.15) is 78.1 Å². The van der Waals surface area contributed by atoms with Crippen LogP contribution in [0.4, 0.5) is 14.4 Å². The Kier molecular flexibility index (Phi) is 20.4. The number of aliphatic hydroxyl groups excluding tert-OH is 1. The molecule has 10 heterocycles. The first kappa shape index (κ1) is 52.7. The molecule has 4 spiro atoms. The second-order valence-electron chi connectivity index (χ2n) is 17.4. The Morgan fingerprint density at radius 2 is 1.15 bits per heavy atom. The number of hydrogen-bond acceptors (Lipinski definition) is 19. The van der Waals surface area contributed by atoms with Gasteiger partial charge in [-0.1, -0.05) is 0 Å². The molecule has 22 nitrogen and oxygen atoms in total. The van der Waals surface area contributed by atoms with Crippen LogP contribution in [-0.2, 0) is 61.7 Å². The number of ether oxygens (including phenoxy) is 11. The van der Waals surface area contributed by atoms with Crippen LogP contribution in [0, 0.1) is 0 Å². The van der Waals surface area contributed by atoms with Crippen molar-refractivity contribution in [3.63, 3.8) is 0 Å². The van der Waals surface area contributed by atoms with E-state index in [1.54, 1.807) is 9.80 Å². The molecule has 0 bridgehead atoms. The van der Waals surface area contributed by atoms with Crippen LogP contribution in [-0.4, -0.2) is 218 Å². The number of nitrogens with one attached hydrogen (secondary N) is 2. The molecular formula is C43H73N5O17. The van der Waals surface area contributed by atoms with Gasteiger partial charge in [-0.05, 0) is 13.8 Å². The Bertz CT molecular complexity index is 1490. The molecule has 65 heavy (non-hydrogen) atoms. The summed E-state index contributed by atoms with van der Waals surface area (Å²) in [5.74, 6) is -1.25.